The summed E-state index contributed by atoms with van der Waals surface area (Å²) >= 11 is 1.26. The molecule has 0 amide bonds. The summed E-state index contributed by atoms with van der Waals surface area (Å²) in [6.45, 7) is 1.75. The second-order valence-corrected chi connectivity index (χ2v) is 7.58. The van der Waals surface area contributed by atoms with Crippen LogP contribution in [0.3, 0.4) is 0 Å². The monoisotopic (exact) mass is 406 g/mol. The number of aromatic hydroxyl groups is 1. The average molecular weight is 406 g/mol. The SMILES string of the molecule is COC(=O)C1=C(C)N=c2sc(=Cc3ccc(O)cc3)c(=O)n2C1c1ccccc1. The van der Waals surface area contributed by atoms with Crippen molar-refractivity contribution >= 4 is 23.4 Å². The number of carbonyl (C=O) groups is 1. The fourth-order valence-electron chi connectivity index (χ4n) is 3.37. The quantitative estimate of drug-likeness (QED) is 0.676. The van der Waals surface area contributed by atoms with Gasteiger partial charge in [0.05, 0.1) is 29.0 Å². The number of phenols is 1. The summed E-state index contributed by atoms with van der Waals surface area (Å²) in [4.78, 5) is 30.9. The molecular formula is C22H18N2O4S. The third kappa shape index (κ3) is 3.40. The van der Waals surface area contributed by atoms with Crippen LogP contribution in [-0.4, -0.2) is 22.8 Å². The summed E-state index contributed by atoms with van der Waals surface area (Å²) in [6, 6.07) is 15.4. The number of benzene rings is 2. The highest BCUT2D eigenvalue weighted by Crippen LogP contribution is 2.30. The van der Waals surface area contributed by atoms with Crippen molar-refractivity contribution in [3.05, 3.63) is 96.7 Å². The second-order valence-electron chi connectivity index (χ2n) is 6.58. The van der Waals surface area contributed by atoms with Gasteiger partial charge in [0.15, 0.2) is 4.80 Å². The molecule has 2 aromatic carbocycles. The number of phenolic OH excluding ortho intramolecular Hbond substituents is 1. The molecular weight excluding hydrogens is 388 g/mol. The van der Waals surface area contributed by atoms with Gasteiger partial charge in [-0.05, 0) is 36.3 Å². The van der Waals surface area contributed by atoms with Crippen molar-refractivity contribution in [1.29, 1.82) is 0 Å². The Morgan fingerprint density at radius 2 is 1.86 bits per heavy atom. The van der Waals surface area contributed by atoms with E-state index in [0.29, 0.717) is 20.6 Å². The van der Waals surface area contributed by atoms with Gasteiger partial charge in [-0.1, -0.05) is 53.8 Å². The first-order valence-electron chi connectivity index (χ1n) is 8.94. The largest absolute Gasteiger partial charge is 0.508 e. The fourth-order valence-corrected chi connectivity index (χ4v) is 4.41. The number of allylic oxidation sites excluding steroid dienone is 1. The van der Waals surface area contributed by atoms with Gasteiger partial charge in [-0.2, -0.15) is 0 Å². The number of esters is 1. The lowest BCUT2D eigenvalue weighted by molar-refractivity contribution is -0.136. The first-order valence-corrected chi connectivity index (χ1v) is 9.76. The molecule has 1 N–H and O–H groups in total. The Balaban J connectivity index is 1.97. The molecule has 0 saturated heterocycles. The number of ether oxygens (including phenoxy) is 1. The molecule has 2 heterocycles. The number of nitrogens with zero attached hydrogens (tertiary/aromatic N) is 2. The molecule has 1 atom stereocenters. The number of carbonyl (C=O) groups excluding carboxylic acids is 1. The lowest BCUT2D eigenvalue weighted by Gasteiger charge is -2.24. The van der Waals surface area contributed by atoms with Gasteiger partial charge >= 0.3 is 5.97 Å². The van der Waals surface area contributed by atoms with Crippen LogP contribution in [0.15, 0.2) is 75.7 Å². The van der Waals surface area contributed by atoms with Crippen LogP contribution in [0.1, 0.15) is 24.1 Å². The molecule has 0 bridgehead atoms. The smallest absolute Gasteiger partial charge is 0.338 e. The van der Waals surface area contributed by atoms with E-state index in [-0.39, 0.29) is 11.3 Å². The average Bonchev–Trinajstić information content (AvgIpc) is 3.03. The van der Waals surface area contributed by atoms with E-state index in [2.05, 4.69) is 4.99 Å². The normalized spacial score (nSPS) is 16.3. The maximum Gasteiger partial charge on any atom is 0.338 e. The molecule has 6 nitrogen and oxygen atoms in total. The van der Waals surface area contributed by atoms with Gasteiger partial charge in [0, 0.05) is 0 Å². The minimum atomic E-state index is -0.609. The molecule has 146 valence electrons. The van der Waals surface area contributed by atoms with E-state index in [0.717, 1.165) is 11.1 Å². The van der Waals surface area contributed by atoms with Gasteiger partial charge in [0.1, 0.15) is 5.75 Å². The molecule has 0 saturated carbocycles. The Bertz CT molecular complexity index is 1290. The molecule has 1 aliphatic heterocycles. The molecule has 1 aliphatic rings. The van der Waals surface area contributed by atoms with Crippen molar-refractivity contribution in [3.63, 3.8) is 0 Å². The van der Waals surface area contributed by atoms with E-state index in [9.17, 15) is 14.7 Å². The van der Waals surface area contributed by atoms with E-state index in [4.69, 9.17) is 4.74 Å². The minimum Gasteiger partial charge on any atom is -0.508 e. The van der Waals surface area contributed by atoms with Gasteiger partial charge in [0.2, 0.25) is 0 Å². The van der Waals surface area contributed by atoms with Crippen LogP contribution in [0, 0.1) is 0 Å². The standard InChI is InChI=1S/C22H18N2O4S/c1-13-18(21(27)28-2)19(15-6-4-3-5-7-15)24-20(26)17(29-22(24)23-13)12-14-8-10-16(25)11-9-14/h3-12,19,25H,1-2H3. The van der Waals surface area contributed by atoms with Crippen LogP contribution >= 0.6 is 11.3 Å². The van der Waals surface area contributed by atoms with Crippen LogP contribution < -0.4 is 14.9 Å². The summed E-state index contributed by atoms with van der Waals surface area (Å²) in [5, 5.41) is 9.46. The zero-order chi connectivity index (χ0) is 20.5. The number of hydrogen-bond acceptors (Lipinski definition) is 6. The zero-order valence-electron chi connectivity index (χ0n) is 15.8. The molecule has 0 radical (unpaired) electrons. The molecule has 0 aliphatic carbocycles. The maximum absolute atomic E-state index is 13.3. The number of methoxy groups -OCH3 is 1. The van der Waals surface area contributed by atoms with Crippen molar-refractivity contribution in [1.82, 2.24) is 4.57 Å². The Hall–Kier alpha value is -3.45. The lowest BCUT2D eigenvalue weighted by atomic mass is 9.96. The summed E-state index contributed by atoms with van der Waals surface area (Å²) in [6.07, 6.45) is 1.75. The van der Waals surface area contributed by atoms with Crippen LogP contribution in [0.5, 0.6) is 5.75 Å². The third-order valence-electron chi connectivity index (χ3n) is 4.73. The van der Waals surface area contributed by atoms with Crippen molar-refractivity contribution in [3.8, 4) is 5.75 Å². The number of fused-ring (bicyclic) bond motifs is 1. The number of rotatable bonds is 3. The topological polar surface area (TPSA) is 80.9 Å². The van der Waals surface area contributed by atoms with Crippen LogP contribution in [0.2, 0.25) is 0 Å². The Morgan fingerprint density at radius 1 is 1.17 bits per heavy atom. The summed E-state index contributed by atoms with van der Waals surface area (Å²) in [7, 11) is 1.32. The van der Waals surface area contributed by atoms with Crippen molar-refractivity contribution < 1.29 is 14.6 Å². The number of thiazole rings is 1. The molecule has 0 fully saturated rings. The van der Waals surface area contributed by atoms with E-state index in [1.165, 1.54) is 18.4 Å². The molecule has 29 heavy (non-hydrogen) atoms. The summed E-state index contributed by atoms with van der Waals surface area (Å²) in [5.41, 5.74) is 2.24. The fraction of sp³-hybridized carbons (Fsp3) is 0.136. The number of hydrogen-bond donors (Lipinski definition) is 1. The molecule has 0 spiro atoms. The van der Waals surface area contributed by atoms with Gasteiger partial charge in [-0.15, -0.1) is 0 Å². The first-order chi connectivity index (χ1) is 14.0. The van der Waals surface area contributed by atoms with E-state index < -0.39 is 12.0 Å². The highest BCUT2D eigenvalue weighted by atomic mass is 32.1. The van der Waals surface area contributed by atoms with E-state index >= 15 is 0 Å². The van der Waals surface area contributed by atoms with Crippen molar-refractivity contribution in [2.75, 3.05) is 7.11 Å². The molecule has 1 aromatic heterocycles. The molecule has 7 heteroatoms. The predicted octanol–water partition coefficient (Wildman–Crippen LogP) is 2.11. The van der Waals surface area contributed by atoms with Crippen molar-refractivity contribution in [2.45, 2.75) is 13.0 Å². The van der Waals surface area contributed by atoms with Gasteiger partial charge < -0.3 is 9.84 Å². The van der Waals surface area contributed by atoms with Gasteiger partial charge in [-0.25, -0.2) is 9.79 Å². The van der Waals surface area contributed by atoms with E-state index in [1.807, 2.05) is 30.3 Å². The molecule has 4 rings (SSSR count). The maximum atomic E-state index is 13.3. The highest BCUT2D eigenvalue weighted by Gasteiger charge is 2.32. The minimum absolute atomic E-state index is 0.158. The number of aromatic nitrogens is 1. The second kappa shape index (κ2) is 7.52. The Kier molecular flexibility index (Phi) is 4.90. The van der Waals surface area contributed by atoms with Crippen LogP contribution in [0.25, 0.3) is 6.08 Å². The third-order valence-corrected chi connectivity index (χ3v) is 5.72. The Morgan fingerprint density at radius 3 is 2.52 bits per heavy atom. The predicted molar refractivity (Wildman–Crippen MR) is 110 cm³/mol. The first kappa shape index (κ1) is 18.9. The van der Waals surface area contributed by atoms with Crippen molar-refractivity contribution in [2.24, 2.45) is 4.99 Å². The summed E-state index contributed by atoms with van der Waals surface area (Å²) in [5.74, 6) is -0.348. The summed E-state index contributed by atoms with van der Waals surface area (Å²) < 4.78 is 7.02. The van der Waals surface area contributed by atoms with Gasteiger partial charge in [0.25, 0.3) is 5.56 Å². The lowest BCUT2D eigenvalue weighted by Crippen LogP contribution is -2.39. The Labute approximate surface area is 170 Å². The molecule has 3 aromatic rings. The van der Waals surface area contributed by atoms with E-state index in [1.54, 1.807) is 41.8 Å². The zero-order valence-corrected chi connectivity index (χ0v) is 16.6. The van der Waals surface area contributed by atoms with Crippen LogP contribution in [-0.2, 0) is 9.53 Å². The molecule has 1 unspecified atom stereocenters. The highest BCUT2D eigenvalue weighted by molar-refractivity contribution is 7.07. The van der Waals surface area contributed by atoms with Gasteiger partial charge in [-0.3, -0.25) is 9.36 Å². The van der Waals surface area contributed by atoms with Crippen LogP contribution in [0.4, 0.5) is 0 Å².